The fraction of sp³-hybridized carbons (Fsp3) is 0.357. The van der Waals surface area contributed by atoms with Gasteiger partial charge in [-0.05, 0) is 43.9 Å². The van der Waals surface area contributed by atoms with Crippen molar-refractivity contribution in [2.75, 3.05) is 0 Å². The van der Waals surface area contributed by atoms with Gasteiger partial charge in [0.2, 0.25) is 0 Å². The molecule has 1 aliphatic rings. The second-order valence-corrected chi connectivity index (χ2v) is 8.89. The molecule has 4 atom stereocenters. The van der Waals surface area contributed by atoms with Crippen LogP contribution in [0.4, 0.5) is 0 Å². The molecule has 2 heteroatoms. The molecule has 3 aromatic rings. The molecule has 3 aromatic carbocycles. The Kier molecular flexibility index (Phi) is 5.81. The highest BCUT2D eigenvalue weighted by molar-refractivity contribution is 5.32. The zero-order valence-electron chi connectivity index (χ0n) is 18.8. The maximum atomic E-state index is 6.95. The van der Waals surface area contributed by atoms with Crippen molar-refractivity contribution in [2.24, 2.45) is 5.92 Å². The molecule has 2 unspecified atom stereocenters. The van der Waals surface area contributed by atoms with E-state index in [9.17, 15) is 0 Å². The third kappa shape index (κ3) is 3.95. The average molecular weight is 400 g/mol. The molecule has 1 aliphatic heterocycles. The van der Waals surface area contributed by atoms with Crippen molar-refractivity contribution in [3.8, 4) is 0 Å². The van der Waals surface area contributed by atoms with E-state index in [0.29, 0.717) is 5.92 Å². The Hall–Kier alpha value is -2.42. The normalized spacial score (nSPS) is 26.5. The summed E-state index contributed by atoms with van der Waals surface area (Å²) in [4.78, 5) is 0. The average Bonchev–Trinajstić information content (AvgIpc) is 2.76. The van der Waals surface area contributed by atoms with Crippen LogP contribution in [0.5, 0.6) is 0 Å². The molecule has 4 rings (SSSR count). The molecule has 1 N–H and O–H groups in total. The maximum absolute atomic E-state index is 6.95. The molecular formula is C28H33NO. The molecule has 1 fully saturated rings. The number of rotatable bonds is 4. The van der Waals surface area contributed by atoms with Crippen molar-refractivity contribution in [1.82, 2.24) is 5.32 Å². The van der Waals surface area contributed by atoms with E-state index >= 15 is 0 Å². The predicted octanol–water partition coefficient (Wildman–Crippen LogP) is 6.91. The van der Waals surface area contributed by atoms with Gasteiger partial charge in [0.1, 0.15) is 5.72 Å². The lowest BCUT2D eigenvalue weighted by atomic mass is 9.81. The first kappa shape index (κ1) is 20.8. The van der Waals surface area contributed by atoms with Gasteiger partial charge in [-0.15, -0.1) is 0 Å². The summed E-state index contributed by atoms with van der Waals surface area (Å²) < 4.78 is 6.95. The Labute approximate surface area is 181 Å². The van der Waals surface area contributed by atoms with Gasteiger partial charge in [0.05, 0.1) is 6.10 Å². The molecule has 0 bridgehead atoms. The third-order valence-corrected chi connectivity index (χ3v) is 6.58. The minimum absolute atomic E-state index is 0.0133. The summed E-state index contributed by atoms with van der Waals surface area (Å²) >= 11 is 0. The summed E-state index contributed by atoms with van der Waals surface area (Å²) in [7, 11) is 0. The minimum Gasteiger partial charge on any atom is -0.348 e. The Morgan fingerprint density at radius 2 is 1.20 bits per heavy atom. The standard InChI is InChI=1S/C28H33NO/c1-6-28(25-17-11-21(4)12-18-25)29-26(23-13-7-19(2)8-14-23)22(5)27(30-28)24-15-9-20(3)10-16-24/h7-18,22,26-27,29H,6H2,1-5H3/t22-,26?,27+,28?/m0/s1. The number of ether oxygens (including phenoxy) is 1. The van der Waals surface area contributed by atoms with Crippen LogP contribution in [0.3, 0.4) is 0 Å². The quantitative estimate of drug-likeness (QED) is 0.514. The van der Waals surface area contributed by atoms with Crippen LogP contribution in [0.2, 0.25) is 0 Å². The SMILES string of the molecule is CCC1(c2ccc(C)cc2)NC(c2ccc(C)cc2)[C@H](C)[C@H](c2ccc(C)cc2)O1. The summed E-state index contributed by atoms with van der Waals surface area (Å²) in [5, 5.41) is 3.93. The fourth-order valence-electron chi connectivity index (χ4n) is 4.57. The Bertz CT molecular complexity index is 917. The summed E-state index contributed by atoms with van der Waals surface area (Å²) in [6, 6.07) is 26.7. The van der Waals surface area contributed by atoms with E-state index in [1.807, 2.05) is 0 Å². The fourth-order valence-corrected chi connectivity index (χ4v) is 4.57. The Balaban J connectivity index is 1.81. The van der Waals surface area contributed by atoms with Crippen molar-refractivity contribution in [1.29, 1.82) is 0 Å². The molecule has 0 radical (unpaired) electrons. The van der Waals surface area contributed by atoms with Gasteiger partial charge < -0.3 is 4.74 Å². The molecule has 0 aromatic heterocycles. The number of hydrogen-bond acceptors (Lipinski definition) is 2. The van der Waals surface area contributed by atoms with Crippen molar-refractivity contribution in [2.45, 2.75) is 58.9 Å². The summed E-state index contributed by atoms with van der Waals surface area (Å²) in [6.45, 7) is 10.9. The number of aryl methyl sites for hydroxylation is 3. The van der Waals surface area contributed by atoms with Crippen LogP contribution in [-0.2, 0) is 10.5 Å². The number of benzene rings is 3. The monoisotopic (exact) mass is 399 g/mol. The summed E-state index contributed by atoms with van der Waals surface area (Å²) in [6.07, 6.45) is 0.868. The summed E-state index contributed by atoms with van der Waals surface area (Å²) in [5.74, 6) is 0.292. The first-order chi connectivity index (χ1) is 14.4. The molecule has 156 valence electrons. The molecule has 2 nitrogen and oxygen atoms in total. The van der Waals surface area contributed by atoms with Gasteiger partial charge in [0.15, 0.2) is 0 Å². The topological polar surface area (TPSA) is 21.3 Å². The summed E-state index contributed by atoms with van der Waals surface area (Å²) in [5.41, 5.74) is 7.06. The lowest BCUT2D eigenvalue weighted by Gasteiger charge is -2.49. The molecule has 0 amide bonds. The van der Waals surface area contributed by atoms with E-state index in [0.717, 1.165) is 6.42 Å². The van der Waals surface area contributed by atoms with E-state index in [1.54, 1.807) is 0 Å². The highest BCUT2D eigenvalue weighted by Gasteiger charge is 2.46. The van der Waals surface area contributed by atoms with Crippen molar-refractivity contribution < 1.29 is 4.74 Å². The van der Waals surface area contributed by atoms with E-state index < -0.39 is 5.72 Å². The molecule has 0 spiro atoms. The second-order valence-electron chi connectivity index (χ2n) is 8.89. The van der Waals surface area contributed by atoms with Crippen molar-refractivity contribution >= 4 is 0 Å². The molecule has 0 saturated carbocycles. The third-order valence-electron chi connectivity index (χ3n) is 6.58. The molecule has 0 aliphatic carbocycles. The number of nitrogens with one attached hydrogen (secondary N) is 1. The zero-order valence-corrected chi connectivity index (χ0v) is 18.8. The Morgan fingerprint density at radius 3 is 1.70 bits per heavy atom. The van der Waals surface area contributed by atoms with Crippen LogP contribution in [-0.4, -0.2) is 0 Å². The van der Waals surface area contributed by atoms with Gasteiger partial charge in [-0.25, -0.2) is 0 Å². The minimum atomic E-state index is -0.523. The smallest absolute Gasteiger partial charge is 0.146 e. The van der Waals surface area contributed by atoms with Crippen LogP contribution in [0.15, 0.2) is 72.8 Å². The van der Waals surface area contributed by atoms with Gasteiger partial charge >= 0.3 is 0 Å². The van der Waals surface area contributed by atoms with Crippen LogP contribution in [0.25, 0.3) is 0 Å². The highest BCUT2D eigenvalue weighted by atomic mass is 16.5. The first-order valence-corrected chi connectivity index (χ1v) is 11.1. The zero-order chi connectivity index (χ0) is 21.3. The van der Waals surface area contributed by atoms with Gasteiger partial charge in [0.25, 0.3) is 0 Å². The van der Waals surface area contributed by atoms with Gasteiger partial charge in [-0.3, -0.25) is 5.32 Å². The molecular weight excluding hydrogens is 366 g/mol. The first-order valence-electron chi connectivity index (χ1n) is 11.1. The lowest BCUT2D eigenvalue weighted by Crippen LogP contribution is -2.54. The van der Waals surface area contributed by atoms with Gasteiger partial charge in [-0.2, -0.15) is 0 Å². The van der Waals surface area contributed by atoms with E-state index in [4.69, 9.17) is 4.74 Å². The molecule has 1 saturated heterocycles. The number of hydrogen-bond donors (Lipinski definition) is 1. The largest absolute Gasteiger partial charge is 0.348 e. The maximum Gasteiger partial charge on any atom is 0.146 e. The van der Waals surface area contributed by atoms with Crippen molar-refractivity contribution in [3.63, 3.8) is 0 Å². The van der Waals surface area contributed by atoms with Crippen LogP contribution >= 0.6 is 0 Å². The van der Waals surface area contributed by atoms with E-state index in [2.05, 4.69) is 113 Å². The van der Waals surface area contributed by atoms with E-state index in [-0.39, 0.29) is 12.1 Å². The van der Waals surface area contributed by atoms with Crippen LogP contribution in [0.1, 0.15) is 65.8 Å². The van der Waals surface area contributed by atoms with Crippen LogP contribution in [0, 0.1) is 26.7 Å². The lowest BCUT2D eigenvalue weighted by molar-refractivity contribution is -0.192. The molecule has 30 heavy (non-hydrogen) atoms. The Morgan fingerprint density at radius 1 is 0.733 bits per heavy atom. The molecule has 1 heterocycles. The second kappa shape index (κ2) is 8.37. The van der Waals surface area contributed by atoms with Gasteiger partial charge in [0, 0.05) is 12.0 Å². The predicted molar refractivity (Wildman–Crippen MR) is 124 cm³/mol. The van der Waals surface area contributed by atoms with Gasteiger partial charge in [-0.1, -0.05) is 103 Å². The highest BCUT2D eigenvalue weighted by Crippen LogP contribution is 2.47. The van der Waals surface area contributed by atoms with Crippen LogP contribution < -0.4 is 5.32 Å². The van der Waals surface area contributed by atoms with E-state index in [1.165, 1.54) is 33.4 Å². The van der Waals surface area contributed by atoms with Crippen molar-refractivity contribution in [3.05, 3.63) is 106 Å².